The van der Waals surface area contributed by atoms with Crippen molar-refractivity contribution in [2.24, 2.45) is 0 Å². The van der Waals surface area contributed by atoms with Gasteiger partial charge in [-0.2, -0.15) is 5.10 Å². The maximum absolute atomic E-state index is 5.36. The van der Waals surface area contributed by atoms with Crippen LogP contribution in [0.3, 0.4) is 0 Å². The fourth-order valence-corrected chi connectivity index (χ4v) is 5.56. The number of nitrogens with one attached hydrogen (secondary N) is 1. The topological polar surface area (TPSA) is 97.1 Å². The Morgan fingerprint density at radius 1 is 0.854 bits per heavy atom. The lowest BCUT2D eigenvalue weighted by Gasteiger charge is -2.30. The number of aromatic nitrogens is 7. The number of nitrogens with zero attached hydrogens (tertiary/aromatic N) is 7. The van der Waals surface area contributed by atoms with E-state index in [9.17, 15) is 0 Å². The number of benzene rings is 2. The Balaban J connectivity index is 1.04. The number of piperidine rings is 1. The molecule has 204 valence electrons. The van der Waals surface area contributed by atoms with Crippen molar-refractivity contribution in [2.45, 2.75) is 25.3 Å². The lowest BCUT2D eigenvalue weighted by Crippen LogP contribution is -2.32. The van der Waals surface area contributed by atoms with E-state index in [1.54, 1.807) is 19.5 Å². The van der Waals surface area contributed by atoms with Crippen molar-refractivity contribution in [2.75, 3.05) is 20.2 Å². The van der Waals surface area contributed by atoms with Crippen LogP contribution >= 0.6 is 0 Å². The van der Waals surface area contributed by atoms with E-state index < -0.39 is 0 Å². The normalized spacial score (nSPS) is 14.5. The third-order valence-corrected chi connectivity index (χ3v) is 7.76. The van der Waals surface area contributed by atoms with Crippen molar-refractivity contribution >= 4 is 5.78 Å². The van der Waals surface area contributed by atoms with Crippen LogP contribution in [-0.4, -0.2) is 59.6 Å². The van der Waals surface area contributed by atoms with E-state index in [1.807, 2.05) is 47.0 Å². The summed E-state index contributed by atoms with van der Waals surface area (Å²) in [6.45, 7) is 2.94. The van der Waals surface area contributed by atoms with Crippen molar-refractivity contribution < 1.29 is 4.74 Å². The zero-order chi connectivity index (χ0) is 27.6. The maximum atomic E-state index is 5.36. The number of hydrogen-bond acceptors (Lipinski definition) is 7. The fourth-order valence-electron chi connectivity index (χ4n) is 5.56. The Labute approximate surface area is 237 Å². The van der Waals surface area contributed by atoms with Gasteiger partial charge in [-0.1, -0.05) is 30.3 Å². The Kier molecular flexibility index (Phi) is 6.70. The monoisotopic (exact) mass is 542 g/mol. The molecule has 0 amide bonds. The van der Waals surface area contributed by atoms with Gasteiger partial charge in [-0.3, -0.25) is 19.4 Å². The summed E-state index contributed by atoms with van der Waals surface area (Å²) in [5.41, 5.74) is 6.17. The first kappa shape index (κ1) is 25.1. The van der Waals surface area contributed by atoms with Crippen molar-refractivity contribution in [3.05, 3.63) is 103 Å². The van der Waals surface area contributed by atoms with Gasteiger partial charge in [0.25, 0.3) is 0 Å². The van der Waals surface area contributed by atoms with Gasteiger partial charge in [0.2, 0.25) is 5.78 Å². The van der Waals surface area contributed by atoms with E-state index in [2.05, 4.69) is 61.5 Å². The summed E-state index contributed by atoms with van der Waals surface area (Å²) in [5.74, 6) is 3.50. The number of pyridine rings is 1. The van der Waals surface area contributed by atoms with Crippen LogP contribution < -0.4 is 4.74 Å². The van der Waals surface area contributed by atoms with Gasteiger partial charge in [-0.05, 0) is 74.0 Å². The first-order chi connectivity index (χ1) is 20.2. The Hall–Kier alpha value is -4.89. The predicted octanol–water partition coefficient (Wildman–Crippen LogP) is 5.63. The number of hydrogen-bond donors (Lipinski definition) is 1. The van der Waals surface area contributed by atoms with Crippen molar-refractivity contribution in [1.82, 2.24) is 39.4 Å². The van der Waals surface area contributed by atoms with E-state index in [0.29, 0.717) is 11.7 Å². The standard InChI is InChI=1S/C32H30N8O/c1-41-26-12-10-24(11-13-26)29-28(35-32-34-17-4-18-40(29)32)23-8-6-22(7-9-23)21-39-19-14-25(15-20-39)30-36-31(38-37-30)27-5-2-3-16-33-27/h2-13,16-18,25H,14-15,19-21H2,1H3,(H,36,37,38). The van der Waals surface area contributed by atoms with Crippen LogP contribution in [0.1, 0.15) is 30.1 Å². The molecule has 1 saturated heterocycles. The molecule has 0 unspecified atom stereocenters. The zero-order valence-electron chi connectivity index (χ0n) is 22.8. The highest BCUT2D eigenvalue weighted by Gasteiger charge is 2.24. The van der Waals surface area contributed by atoms with Crippen molar-refractivity contribution in [1.29, 1.82) is 0 Å². The second-order valence-corrected chi connectivity index (χ2v) is 10.3. The molecule has 2 aromatic carbocycles. The largest absolute Gasteiger partial charge is 0.497 e. The molecular weight excluding hydrogens is 512 g/mol. The van der Waals surface area contributed by atoms with Gasteiger partial charge in [0.05, 0.1) is 18.5 Å². The van der Waals surface area contributed by atoms with Crippen LogP contribution in [0.5, 0.6) is 5.75 Å². The van der Waals surface area contributed by atoms with Gasteiger partial charge in [0.15, 0.2) is 11.6 Å². The molecule has 0 spiro atoms. The minimum Gasteiger partial charge on any atom is -0.497 e. The minimum atomic E-state index is 0.363. The van der Waals surface area contributed by atoms with Gasteiger partial charge < -0.3 is 4.74 Å². The summed E-state index contributed by atoms with van der Waals surface area (Å²) < 4.78 is 7.41. The molecule has 41 heavy (non-hydrogen) atoms. The molecule has 1 aliphatic heterocycles. The average molecular weight is 543 g/mol. The van der Waals surface area contributed by atoms with E-state index >= 15 is 0 Å². The van der Waals surface area contributed by atoms with E-state index in [0.717, 1.165) is 78.1 Å². The van der Waals surface area contributed by atoms with Crippen LogP contribution in [0.2, 0.25) is 0 Å². The number of H-pyrrole nitrogens is 1. The van der Waals surface area contributed by atoms with E-state index in [-0.39, 0.29) is 0 Å². The molecule has 0 atom stereocenters. The Bertz CT molecular complexity index is 1750. The highest BCUT2D eigenvalue weighted by atomic mass is 16.5. The van der Waals surface area contributed by atoms with Crippen LogP contribution in [0.15, 0.2) is 91.4 Å². The number of aromatic amines is 1. The van der Waals surface area contributed by atoms with Gasteiger partial charge in [0, 0.05) is 42.2 Å². The van der Waals surface area contributed by atoms with E-state index in [1.165, 1.54) is 5.56 Å². The molecule has 9 heteroatoms. The molecule has 1 fully saturated rings. The van der Waals surface area contributed by atoms with Crippen molar-refractivity contribution in [3.8, 4) is 39.8 Å². The highest BCUT2D eigenvalue weighted by molar-refractivity contribution is 5.81. The Morgan fingerprint density at radius 2 is 1.63 bits per heavy atom. The lowest BCUT2D eigenvalue weighted by molar-refractivity contribution is 0.202. The molecule has 4 aromatic heterocycles. The predicted molar refractivity (Wildman–Crippen MR) is 157 cm³/mol. The summed E-state index contributed by atoms with van der Waals surface area (Å²) >= 11 is 0. The van der Waals surface area contributed by atoms with Crippen LogP contribution in [0.4, 0.5) is 0 Å². The second kappa shape index (κ2) is 10.9. The summed E-state index contributed by atoms with van der Waals surface area (Å²) in [4.78, 5) is 21.0. The molecule has 9 nitrogen and oxygen atoms in total. The zero-order valence-corrected chi connectivity index (χ0v) is 22.8. The smallest absolute Gasteiger partial charge is 0.234 e. The minimum absolute atomic E-state index is 0.363. The highest BCUT2D eigenvalue weighted by Crippen LogP contribution is 2.34. The van der Waals surface area contributed by atoms with Crippen LogP contribution in [0.25, 0.3) is 39.8 Å². The van der Waals surface area contributed by atoms with Gasteiger partial charge in [0.1, 0.15) is 11.4 Å². The number of rotatable bonds is 7. The molecule has 1 N–H and O–H groups in total. The first-order valence-corrected chi connectivity index (χ1v) is 13.9. The summed E-state index contributed by atoms with van der Waals surface area (Å²) in [6, 6.07) is 24.6. The number of imidazole rings is 1. The maximum Gasteiger partial charge on any atom is 0.234 e. The van der Waals surface area contributed by atoms with Gasteiger partial charge in [-0.25, -0.2) is 15.0 Å². The quantitative estimate of drug-likeness (QED) is 0.279. The summed E-state index contributed by atoms with van der Waals surface area (Å²) in [6.07, 6.45) is 7.64. The molecule has 0 radical (unpaired) electrons. The number of methoxy groups -OCH3 is 1. The molecule has 0 bridgehead atoms. The van der Waals surface area contributed by atoms with Crippen LogP contribution in [0, 0.1) is 0 Å². The molecule has 5 heterocycles. The van der Waals surface area contributed by atoms with Crippen LogP contribution in [-0.2, 0) is 6.54 Å². The summed E-state index contributed by atoms with van der Waals surface area (Å²) in [7, 11) is 1.68. The third kappa shape index (κ3) is 5.07. The number of ether oxygens (including phenoxy) is 1. The molecule has 6 aromatic rings. The Morgan fingerprint density at radius 3 is 2.39 bits per heavy atom. The molecule has 0 aliphatic carbocycles. The lowest BCUT2D eigenvalue weighted by atomic mass is 9.95. The molecular formula is C32H30N8O. The first-order valence-electron chi connectivity index (χ1n) is 13.9. The van der Waals surface area contributed by atoms with Gasteiger partial charge >= 0.3 is 0 Å². The SMILES string of the molecule is COc1ccc(-c2c(-c3ccc(CN4CCC(c5n[nH]c(-c6ccccn6)n5)CC4)cc3)nc3ncccn23)cc1. The number of likely N-dealkylation sites (tertiary alicyclic amines) is 1. The van der Waals surface area contributed by atoms with Gasteiger partial charge in [-0.15, -0.1) is 0 Å². The molecule has 1 aliphatic rings. The molecule has 7 rings (SSSR count). The summed E-state index contributed by atoms with van der Waals surface area (Å²) in [5, 5.41) is 7.57. The van der Waals surface area contributed by atoms with E-state index in [4.69, 9.17) is 14.7 Å². The second-order valence-electron chi connectivity index (χ2n) is 10.3. The molecule has 0 saturated carbocycles. The van der Waals surface area contributed by atoms with Crippen molar-refractivity contribution in [3.63, 3.8) is 0 Å². The number of fused-ring (bicyclic) bond motifs is 1. The third-order valence-electron chi connectivity index (χ3n) is 7.76. The fraction of sp³-hybridized carbons (Fsp3) is 0.219. The average Bonchev–Trinajstić information content (AvgIpc) is 3.68.